The smallest absolute Gasteiger partial charge is 0.0353 e. The summed E-state index contributed by atoms with van der Waals surface area (Å²) in [5.41, 5.74) is 9.49. The van der Waals surface area contributed by atoms with Crippen LogP contribution in [0.4, 0.5) is 0 Å². The lowest BCUT2D eigenvalue weighted by molar-refractivity contribution is -0.154. The Kier molecular flexibility index (Phi) is 2.47. The molecule has 0 saturated heterocycles. The van der Waals surface area contributed by atoms with Gasteiger partial charge in [-0.3, -0.25) is 4.98 Å². The van der Waals surface area contributed by atoms with Crippen LogP contribution < -0.4 is 5.73 Å². The first-order valence-corrected chi connectivity index (χ1v) is 8.08. The molecule has 5 rings (SSSR count). The van der Waals surface area contributed by atoms with Crippen LogP contribution in [-0.4, -0.2) is 4.98 Å². The van der Waals surface area contributed by atoms with Crippen molar-refractivity contribution >= 4 is 0 Å². The van der Waals surface area contributed by atoms with Crippen LogP contribution in [0.2, 0.25) is 0 Å². The van der Waals surface area contributed by atoms with Gasteiger partial charge in [-0.25, -0.2) is 0 Å². The van der Waals surface area contributed by atoms with Crippen LogP contribution in [0.15, 0.2) is 24.5 Å². The fourth-order valence-electron chi connectivity index (χ4n) is 6.81. The zero-order chi connectivity index (χ0) is 14.0. The molecule has 4 fully saturated rings. The number of hydrogen-bond donors (Lipinski definition) is 1. The number of nitrogens with two attached hydrogens (primary N) is 1. The molecule has 3 unspecified atom stereocenters. The molecule has 0 aromatic carbocycles. The predicted molar refractivity (Wildman–Crippen MR) is 81.0 cm³/mol. The van der Waals surface area contributed by atoms with Crippen LogP contribution >= 0.6 is 0 Å². The Balaban J connectivity index is 1.74. The highest BCUT2D eigenvalue weighted by atomic mass is 14.8. The summed E-state index contributed by atoms with van der Waals surface area (Å²) in [5.74, 6) is 0.911. The van der Waals surface area contributed by atoms with E-state index in [0.29, 0.717) is 16.2 Å². The van der Waals surface area contributed by atoms with Gasteiger partial charge in [0.2, 0.25) is 0 Å². The molecule has 4 saturated carbocycles. The van der Waals surface area contributed by atoms with Crippen molar-refractivity contribution in [3.8, 4) is 0 Å². The molecule has 4 bridgehead atoms. The highest BCUT2D eigenvalue weighted by Crippen LogP contribution is 2.71. The molecule has 0 amide bonds. The van der Waals surface area contributed by atoms with Crippen molar-refractivity contribution in [1.82, 2.24) is 4.98 Å². The number of nitrogens with zero attached hydrogens (tertiary/aromatic N) is 1. The van der Waals surface area contributed by atoms with Crippen molar-refractivity contribution < 1.29 is 0 Å². The van der Waals surface area contributed by atoms with E-state index in [1.165, 1.54) is 44.1 Å². The van der Waals surface area contributed by atoms with E-state index in [-0.39, 0.29) is 6.04 Å². The maximum absolute atomic E-state index is 6.78. The molecule has 108 valence electrons. The van der Waals surface area contributed by atoms with E-state index in [9.17, 15) is 0 Å². The Morgan fingerprint density at radius 3 is 2.20 bits per heavy atom. The molecule has 4 aliphatic carbocycles. The summed E-state index contributed by atoms with van der Waals surface area (Å²) in [4.78, 5) is 4.15. The molecule has 2 heteroatoms. The van der Waals surface area contributed by atoms with Crippen molar-refractivity contribution in [3.63, 3.8) is 0 Å². The molecule has 3 atom stereocenters. The first-order valence-electron chi connectivity index (χ1n) is 8.08. The molecular formula is C18H26N2. The number of pyridine rings is 1. The Hall–Kier alpha value is -0.890. The van der Waals surface area contributed by atoms with Crippen LogP contribution in [0.25, 0.3) is 0 Å². The van der Waals surface area contributed by atoms with Gasteiger partial charge in [0.1, 0.15) is 0 Å². The Bertz CT molecular complexity index is 505. The van der Waals surface area contributed by atoms with Gasteiger partial charge in [-0.05, 0) is 78.4 Å². The quantitative estimate of drug-likeness (QED) is 0.879. The minimum absolute atomic E-state index is 0.188. The van der Waals surface area contributed by atoms with E-state index in [2.05, 4.69) is 31.0 Å². The molecular weight excluding hydrogens is 244 g/mol. The summed E-state index contributed by atoms with van der Waals surface area (Å²) in [7, 11) is 0. The summed E-state index contributed by atoms with van der Waals surface area (Å²) >= 11 is 0. The van der Waals surface area contributed by atoms with E-state index in [0.717, 1.165) is 5.92 Å². The summed E-state index contributed by atoms with van der Waals surface area (Å²) in [6, 6.07) is 4.43. The summed E-state index contributed by atoms with van der Waals surface area (Å²) in [6.07, 6.45) is 12.1. The lowest BCUT2D eigenvalue weighted by Gasteiger charge is -2.67. The van der Waals surface area contributed by atoms with Crippen molar-refractivity contribution in [2.45, 2.75) is 58.4 Å². The predicted octanol–water partition coefficient (Wildman–Crippen LogP) is 4.08. The van der Waals surface area contributed by atoms with Crippen LogP contribution in [0.1, 0.15) is 64.0 Å². The van der Waals surface area contributed by atoms with Crippen molar-refractivity contribution in [1.29, 1.82) is 0 Å². The van der Waals surface area contributed by atoms with Gasteiger partial charge < -0.3 is 5.73 Å². The van der Waals surface area contributed by atoms with E-state index >= 15 is 0 Å². The van der Waals surface area contributed by atoms with E-state index in [1.54, 1.807) is 0 Å². The third kappa shape index (κ3) is 1.77. The second-order valence-electron chi connectivity index (χ2n) is 8.75. The van der Waals surface area contributed by atoms with Gasteiger partial charge in [0.05, 0.1) is 0 Å². The lowest BCUT2D eigenvalue weighted by Crippen LogP contribution is -2.58. The monoisotopic (exact) mass is 270 g/mol. The second kappa shape index (κ2) is 3.85. The molecule has 4 aliphatic rings. The van der Waals surface area contributed by atoms with Crippen LogP contribution in [0, 0.1) is 22.2 Å². The molecule has 2 nitrogen and oxygen atoms in total. The maximum atomic E-state index is 6.78. The number of hydrogen-bond acceptors (Lipinski definition) is 2. The third-order valence-electron chi connectivity index (χ3n) is 6.39. The Labute approximate surface area is 122 Å². The van der Waals surface area contributed by atoms with Crippen LogP contribution in [0.5, 0.6) is 0 Å². The maximum Gasteiger partial charge on any atom is 0.0353 e. The molecule has 0 spiro atoms. The second-order valence-corrected chi connectivity index (χ2v) is 8.75. The highest BCUT2D eigenvalue weighted by molar-refractivity contribution is 5.22. The third-order valence-corrected chi connectivity index (χ3v) is 6.39. The van der Waals surface area contributed by atoms with Gasteiger partial charge in [-0.15, -0.1) is 0 Å². The number of aromatic nitrogens is 1. The minimum atomic E-state index is 0.188. The summed E-state index contributed by atoms with van der Waals surface area (Å²) in [6.45, 7) is 5.04. The fraction of sp³-hybridized carbons (Fsp3) is 0.722. The largest absolute Gasteiger partial charge is 0.323 e. The topological polar surface area (TPSA) is 38.9 Å². The van der Waals surface area contributed by atoms with Crippen molar-refractivity contribution in [2.24, 2.45) is 27.9 Å². The first-order chi connectivity index (χ1) is 9.42. The molecule has 20 heavy (non-hydrogen) atoms. The van der Waals surface area contributed by atoms with Gasteiger partial charge in [-0.1, -0.05) is 13.8 Å². The molecule has 1 aromatic rings. The van der Waals surface area contributed by atoms with E-state index < -0.39 is 0 Å². The average molecular weight is 270 g/mol. The van der Waals surface area contributed by atoms with Crippen LogP contribution in [0.3, 0.4) is 0 Å². The normalized spacial score (nSPS) is 47.5. The minimum Gasteiger partial charge on any atom is -0.323 e. The van der Waals surface area contributed by atoms with Gasteiger partial charge in [0, 0.05) is 18.4 Å². The zero-order valence-corrected chi connectivity index (χ0v) is 12.7. The van der Waals surface area contributed by atoms with E-state index in [1.807, 2.05) is 12.4 Å². The van der Waals surface area contributed by atoms with Crippen LogP contribution in [-0.2, 0) is 0 Å². The Morgan fingerprint density at radius 2 is 1.65 bits per heavy atom. The molecule has 0 aliphatic heterocycles. The molecule has 1 aromatic heterocycles. The summed E-state index contributed by atoms with van der Waals surface area (Å²) < 4.78 is 0. The molecule has 1 heterocycles. The Morgan fingerprint density at radius 1 is 1.05 bits per heavy atom. The van der Waals surface area contributed by atoms with Gasteiger partial charge in [0.25, 0.3) is 0 Å². The molecule has 0 radical (unpaired) electrons. The summed E-state index contributed by atoms with van der Waals surface area (Å²) in [5, 5.41) is 0. The van der Waals surface area contributed by atoms with Crippen molar-refractivity contribution in [3.05, 3.63) is 30.1 Å². The molecule has 2 N–H and O–H groups in total. The van der Waals surface area contributed by atoms with Gasteiger partial charge in [0.15, 0.2) is 0 Å². The standard InChI is InChI=1S/C18H26N2/c1-16-7-13-8-17(2,10-16)12-18(9-13,11-16)15(19)14-3-5-20-6-4-14/h3-6,13,15H,7-12,19H2,1-2H3. The van der Waals surface area contributed by atoms with Gasteiger partial charge >= 0.3 is 0 Å². The van der Waals surface area contributed by atoms with E-state index in [4.69, 9.17) is 5.73 Å². The zero-order valence-electron chi connectivity index (χ0n) is 12.7. The fourth-order valence-corrected chi connectivity index (χ4v) is 6.81. The van der Waals surface area contributed by atoms with Gasteiger partial charge in [-0.2, -0.15) is 0 Å². The highest BCUT2D eigenvalue weighted by Gasteiger charge is 2.61. The first kappa shape index (κ1) is 12.8. The SMILES string of the molecule is CC12CC3CC(C)(C1)CC(C(N)c1ccncc1)(C3)C2. The average Bonchev–Trinajstić information content (AvgIpc) is 2.34. The number of rotatable bonds is 2. The lowest BCUT2D eigenvalue weighted by atomic mass is 9.39. The van der Waals surface area contributed by atoms with Crippen molar-refractivity contribution in [2.75, 3.05) is 0 Å².